The van der Waals surface area contributed by atoms with Crippen LogP contribution in [0.1, 0.15) is 37.5 Å². The van der Waals surface area contributed by atoms with Crippen LogP contribution in [0.4, 0.5) is 0 Å². The number of rotatable bonds is 17. The van der Waals surface area contributed by atoms with E-state index in [4.69, 9.17) is 16.3 Å². The number of phenols is 1. The van der Waals surface area contributed by atoms with Crippen molar-refractivity contribution >= 4 is 39.1 Å². The van der Waals surface area contributed by atoms with Gasteiger partial charge in [0.2, 0.25) is 5.91 Å². The number of carbonyl (C=O) groups excluding carboxylic acids is 1. The number of carbonyl (C=O) groups is 1. The van der Waals surface area contributed by atoms with E-state index < -0.39 is 6.10 Å². The molecule has 0 saturated heterocycles. The summed E-state index contributed by atoms with van der Waals surface area (Å²) in [6, 6.07) is 10.8. The number of nitrogens with zero attached hydrogens (tertiary/aromatic N) is 2. The SMILES string of the molecule is CCN(CC)CCN(CCNC[C@@H](O)c1ccc(O)c2[nH]c(=O)sc12)C(=O)CCOCCc1cccc(Cl)c1. The fourth-order valence-electron chi connectivity index (χ4n) is 4.33. The Hall–Kier alpha value is -2.47. The molecule has 11 heteroatoms. The number of thiazole rings is 1. The fourth-order valence-corrected chi connectivity index (χ4v) is 5.46. The molecule has 0 radical (unpaired) electrons. The Morgan fingerprint density at radius 3 is 2.69 bits per heavy atom. The zero-order chi connectivity index (χ0) is 28.2. The first-order valence-electron chi connectivity index (χ1n) is 13.4. The summed E-state index contributed by atoms with van der Waals surface area (Å²) in [6.07, 6.45) is 0.167. The molecule has 4 N–H and O–H groups in total. The molecule has 0 unspecified atom stereocenters. The zero-order valence-electron chi connectivity index (χ0n) is 22.6. The standard InChI is InChI=1S/C28H39ClN4O5S/c1-3-32(4-2)14-15-33(25(36)11-17-38-16-10-20-6-5-7-21(29)18-20)13-12-30-19-24(35)22-8-9-23(34)26-27(22)39-28(37)31-26/h5-9,18,24,30,34-35H,3-4,10-17,19H2,1-2H3,(H,31,37)/t24-/m1/s1. The van der Waals surface area contributed by atoms with Crippen molar-refractivity contribution in [1.82, 2.24) is 20.1 Å². The van der Waals surface area contributed by atoms with E-state index in [0.29, 0.717) is 60.1 Å². The number of hydrogen-bond donors (Lipinski definition) is 4. The van der Waals surface area contributed by atoms with Gasteiger partial charge in [0.1, 0.15) is 11.3 Å². The van der Waals surface area contributed by atoms with Gasteiger partial charge in [0.15, 0.2) is 0 Å². The van der Waals surface area contributed by atoms with Gasteiger partial charge >= 0.3 is 4.87 Å². The summed E-state index contributed by atoms with van der Waals surface area (Å²) in [5.41, 5.74) is 2.01. The molecule has 1 amide bonds. The summed E-state index contributed by atoms with van der Waals surface area (Å²) >= 11 is 6.99. The van der Waals surface area contributed by atoms with Gasteiger partial charge in [-0.15, -0.1) is 0 Å². The normalized spacial score (nSPS) is 12.3. The number of aromatic amines is 1. The predicted molar refractivity (Wildman–Crippen MR) is 157 cm³/mol. The van der Waals surface area contributed by atoms with Crippen molar-refractivity contribution in [3.05, 3.63) is 62.2 Å². The third-order valence-corrected chi connectivity index (χ3v) is 7.83. The minimum Gasteiger partial charge on any atom is -0.506 e. The molecular weight excluding hydrogens is 540 g/mol. The highest BCUT2D eigenvalue weighted by molar-refractivity contribution is 7.16. The molecule has 39 heavy (non-hydrogen) atoms. The second kappa shape index (κ2) is 16.0. The summed E-state index contributed by atoms with van der Waals surface area (Å²) in [5.74, 6) is 0.00709. The molecule has 0 aliphatic rings. The molecule has 1 atom stereocenters. The minimum absolute atomic E-state index is 0.0249. The number of aromatic nitrogens is 1. The number of hydrogen-bond acceptors (Lipinski definition) is 8. The van der Waals surface area contributed by atoms with Gasteiger partial charge in [-0.2, -0.15) is 0 Å². The van der Waals surface area contributed by atoms with E-state index in [1.54, 1.807) is 6.07 Å². The maximum absolute atomic E-state index is 13.0. The van der Waals surface area contributed by atoms with E-state index in [0.717, 1.165) is 43.0 Å². The quantitative estimate of drug-likeness (QED) is 0.181. The van der Waals surface area contributed by atoms with Gasteiger partial charge in [0.25, 0.3) is 0 Å². The summed E-state index contributed by atoms with van der Waals surface area (Å²) in [4.78, 5) is 31.2. The van der Waals surface area contributed by atoms with E-state index in [-0.39, 0.29) is 23.1 Å². The highest BCUT2D eigenvalue weighted by Gasteiger charge is 2.17. The van der Waals surface area contributed by atoms with Crippen LogP contribution in [0, 0.1) is 0 Å². The number of nitrogens with one attached hydrogen (secondary N) is 2. The molecule has 2 aromatic carbocycles. The highest BCUT2D eigenvalue weighted by atomic mass is 35.5. The second-order valence-electron chi connectivity index (χ2n) is 9.26. The number of aliphatic hydroxyl groups excluding tert-OH is 1. The first kappa shape index (κ1) is 31.1. The summed E-state index contributed by atoms with van der Waals surface area (Å²) in [7, 11) is 0. The van der Waals surface area contributed by atoms with Crippen LogP contribution in [0.15, 0.2) is 41.2 Å². The first-order chi connectivity index (χ1) is 18.8. The summed E-state index contributed by atoms with van der Waals surface area (Å²) < 4.78 is 6.27. The van der Waals surface area contributed by atoms with Gasteiger partial charge in [-0.3, -0.25) is 9.59 Å². The molecule has 214 valence electrons. The van der Waals surface area contributed by atoms with Crippen molar-refractivity contribution in [3.63, 3.8) is 0 Å². The predicted octanol–water partition coefficient (Wildman–Crippen LogP) is 3.39. The topological polar surface area (TPSA) is 118 Å². The van der Waals surface area contributed by atoms with E-state index in [2.05, 4.69) is 29.0 Å². The highest BCUT2D eigenvalue weighted by Crippen LogP contribution is 2.31. The Balaban J connectivity index is 1.47. The van der Waals surface area contributed by atoms with Crippen LogP contribution in [-0.2, 0) is 16.0 Å². The lowest BCUT2D eigenvalue weighted by molar-refractivity contribution is -0.132. The Kier molecular flexibility index (Phi) is 12.7. The van der Waals surface area contributed by atoms with Gasteiger partial charge in [0.05, 0.1) is 30.4 Å². The number of halogens is 1. The van der Waals surface area contributed by atoms with Gasteiger partial charge in [-0.1, -0.05) is 55.0 Å². The average Bonchev–Trinajstić information content (AvgIpc) is 3.32. The number of benzene rings is 2. The molecule has 0 saturated carbocycles. The molecule has 3 aromatic rings. The monoisotopic (exact) mass is 578 g/mol. The average molecular weight is 579 g/mol. The third-order valence-electron chi connectivity index (χ3n) is 6.66. The molecule has 0 bridgehead atoms. The Labute approximate surface area is 238 Å². The first-order valence-corrected chi connectivity index (χ1v) is 14.6. The lowest BCUT2D eigenvalue weighted by Gasteiger charge is -2.27. The summed E-state index contributed by atoms with van der Waals surface area (Å²) in [5, 5.41) is 24.6. The van der Waals surface area contributed by atoms with E-state index >= 15 is 0 Å². The van der Waals surface area contributed by atoms with Gasteiger partial charge < -0.3 is 35.1 Å². The van der Waals surface area contributed by atoms with Gasteiger partial charge in [0, 0.05) is 43.3 Å². The number of aliphatic hydroxyl groups is 1. The zero-order valence-corrected chi connectivity index (χ0v) is 24.2. The maximum Gasteiger partial charge on any atom is 0.305 e. The van der Waals surface area contributed by atoms with Crippen molar-refractivity contribution in [1.29, 1.82) is 0 Å². The van der Waals surface area contributed by atoms with Crippen LogP contribution < -0.4 is 10.2 Å². The number of likely N-dealkylation sites (N-methyl/N-ethyl adjacent to an activating group) is 1. The molecule has 1 heterocycles. The number of phenolic OH excluding ortho intramolecular Hbond substituents is 1. The smallest absolute Gasteiger partial charge is 0.305 e. The largest absolute Gasteiger partial charge is 0.506 e. The number of amides is 1. The molecule has 3 rings (SSSR count). The van der Waals surface area contributed by atoms with Crippen molar-refractivity contribution in [2.24, 2.45) is 0 Å². The van der Waals surface area contributed by atoms with Crippen molar-refractivity contribution in [2.75, 3.05) is 59.0 Å². The maximum atomic E-state index is 13.0. The molecule has 0 aliphatic carbocycles. The van der Waals surface area contributed by atoms with Crippen molar-refractivity contribution in [3.8, 4) is 5.75 Å². The lowest BCUT2D eigenvalue weighted by atomic mass is 10.1. The Morgan fingerprint density at radius 1 is 1.15 bits per heavy atom. The molecule has 9 nitrogen and oxygen atoms in total. The van der Waals surface area contributed by atoms with Crippen LogP contribution in [-0.4, -0.2) is 89.9 Å². The molecule has 0 spiro atoms. The molecule has 0 aliphatic heterocycles. The Morgan fingerprint density at radius 2 is 1.95 bits per heavy atom. The third kappa shape index (κ3) is 9.59. The van der Waals surface area contributed by atoms with Crippen LogP contribution in [0.5, 0.6) is 5.75 Å². The molecular formula is C28H39ClN4O5S. The minimum atomic E-state index is -0.868. The molecule has 0 fully saturated rings. The van der Waals surface area contributed by atoms with Crippen LogP contribution >= 0.6 is 22.9 Å². The number of H-pyrrole nitrogens is 1. The van der Waals surface area contributed by atoms with Crippen LogP contribution in [0.2, 0.25) is 5.02 Å². The fraction of sp³-hybridized carbons (Fsp3) is 0.500. The van der Waals surface area contributed by atoms with Gasteiger partial charge in [-0.25, -0.2) is 0 Å². The van der Waals surface area contributed by atoms with E-state index in [1.165, 1.54) is 6.07 Å². The van der Waals surface area contributed by atoms with Crippen molar-refractivity contribution in [2.45, 2.75) is 32.8 Å². The van der Waals surface area contributed by atoms with Crippen LogP contribution in [0.25, 0.3) is 10.2 Å². The summed E-state index contributed by atoms with van der Waals surface area (Å²) in [6.45, 7) is 9.57. The van der Waals surface area contributed by atoms with E-state index in [1.807, 2.05) is 29.2 Å². The molecule has 1 aromatic heterocycles. The van der Waals surface area contributed by atoms with Crippen LogP contribution in [0.3, 0.4) is 0 Å². The second-order valence-corrected chi connectivity index (χ2v) is 10.7. The number of ether oxygens (including phenoxy) is 1. The lowest BCUT2D eigenvalue weighted by Crippen LogP contribution is -2.42. The number of aromatic hydroxyl groups is 1. The Bertz CT molecular complexity index is 1250. The number of fused-ring (bicyclic) bond motifs is 1. The van der Waals surface area contributed by atoms with E-state index in [9.17, 15) is 19.8 Å². The van der Waals surface area contributed by atoms with Gasteiger partial charge in [-0.05, 0) is 43.3 Å². The van der Waals surface area contributed by atoms with Crippen molar-refractivity contribution < 1.29 is 19.7 Å².